The third-order valence-electron chi connectivity index (χ3n) is 9.66. The van der Waals surface area contributed by atoms with E-state index >= 15 is 4.39 Å². The number of aryl methyl sites for hydroxylation is 2. The van der Waals surface area contributed by atoms with E-state index < -0.39 is 62.2 Å². The number of hydrogen-bond acceptors (Lipinski definition) is 14. The number of nitrogens with zero attached hydrogens (tertiary/aromatic N) is 9. The summed E-state index contributed by atoms with van der Waals surface area (Å²) in [7, 11) is 0. The molecule has 0 bridgehead atoms. The molecule has 1 saturated heterocycles. The number of nitrogens with two attached hydrogens (primary N) is 1. The van der Waals surface area contributed by atoms with E-state index in [2.05, 4.69) is 99.5 Å². The van der Waals surface area contributed by atoms with Crippen LogP contribution in [0.4, 0.5) is 65.5 Å². The Labute approximate surface area is 518 Å². The fraction of sp³-hybridized carbons (Fsp3) is 0.346. The number of benzene rings is 1. The zero-order valence-corrected chi connectivity index (χ0v) is 50.6. The van der Waals surface area contributed by atoms with Gasteiger partial charge in [-0.3, -0.25) is 9.20 Å². The summed E-state index contributed by atoms with van der Waals surface area (Å²) < 4.78 is 146. The molecule has 1 aliphatic rings. The van der Waals surface area contributed by atoms with Crippen molar-refractivity contribution in [3.63, 3.8) is 0 Å². The number of fused-ring (bicyclic) bond motifs is 3. The van der Waals surface area contributed by atoms with Crippen LogP contribution in [0.25, 0.3) is 16.7 Å². The summed E-state index contributed by atoms with van der Waals surface area (Å²) in [6.45, 7) is 8.90. The molecule has 0 spiro atoms. The number of alkyl halides is 10. The summed E-state index contributed by atoms with van der Waals surface area (Å²) in [6.07, 6.45) is -6.15. The number of nitrogen functional groups attached to an aromatic ring is 1. The predicted molar refractivity (Wildman–Crippen MR) is 296 cm³/mol. The molecular formula is C52H51AlBr3F11LiN10O5. The molecule has 2 N–H and O–H groups in total. The minimum atomic E-state index is -3.57. The first kappa shape index (κ1) is 75.4. The maximum absolute atomic E-state index is 15.0. The molecular weight excluding hydrogens is 1330 g/mol. The number of halogens is 14. The molecule has 1 fully saturated rings. The van der Waals surface area contributed by atoms with E-state index in [4.69, 9.17) is 10.5 Å². The number of esters is 2. The average molecular weight is 1380 g/mol. The number of anilines is 3. The summed E-state index contributed by atoms with van der Waals surface area (Å²) in [5.74, 6) is 0.585. The molecule has 1 aromatic carbocycles. The third kappa shape index (κ3) is 28.7. The molecule has 1 aliphatic heterocycles. The van der Waals surface area contributed by atoms with Gasteiger partial charge in [-0.15, -0.1) is 10.2 Å². The van der Waals surface area contributed by atoms with Gasteiger partial charge >= 0.3 is 43.7 Å². The van der Waals surface area contributed by atoms with Gasteiger partial charge in [-0.25, -0.2) is 60.3 Å². The van der Waals surface area contributed by atoms with E-state index in [1.807, 2.05) is 20.8 Å². The second-order valence-corrected chi connectivity index (χ2v) is 19.7. The Morgan fingerprint density at radius 1 is 0.759 bits per heavy atom. The van der Waals surface area contributed by atoms with Crippen molar-refractivity contribution in [2.45, 2.75) is 91.9 Å². The fourth-order valence-electron chi connectivity index (χ4n) is 6.15. The number of ketones is 1. The predicted octanol–water partition coefficient (Wildman–Crippen LogP) is 9.73. The number of hydrogen-bond donors (Lipinski definition) is 1. The Morgan fingerprint density at radius 3 is 1.80 bits per heavy atom. The van der Waals surface area contributed by atoms with Crippen molar-refractivity contribution >= 4 is 117 Å². The summed E-state index contributed by atoms with van der Waals surface area (Å²) in [5, 5.41) is 8.12. The van der Waals surface area contributed by atoms with Crippen LogP contribution in [0, 0.1) is 30.0 Å². The summed E-state index contributed by atoms with van der Waals surface area (Å²) in [6, 6.07) is 17.7. The van der Waals surface area contributed by atoms with Crippen molar-refractivity contribution in [1.29, 1.82) is 0 Å². The van der Waals surface area contributed by atoms with Crippen molar-refractivity contribution < 1.29 is 92.4 Å². The maximum atomic E-state index is 15.0. The largest absolute Gasteiger partial charge is 1.00 e. The number of carbonyl (C=O) groups is 3. The Bertz CT molecular complexity index is 3180. The number of ether oxygens (including phenoxy) is 2. The van der Waals surface area contributed by atoms with Crippen LogP contribution in [0.15, 0.2) is 105 Å². The molecule has 0 amide bonds. The molecule has 8 rings (SSSR count). The first-order valence-corrected chi connectivity index (χ1v) is 25.9. The van der Waals surface area contributed by atoms with Gasteiger partial charge < -0.3 is 21.5 Å². The number of carbonyl (C=O) groups excluding carboxylic acids is 3. The smallest absolute Gasteiger partial charge is 1.00 e. The quantitative estimate of drug-likeness (QED) is 0.0303. The molecule has 31 heteroatoms. The second-order valence-electron chi connectivity index (χ2n) is 17.3. The standard InChI is InChI=1S/C23H21F3N6.C8H6BrF2NO.C8H8BrF2N.C5H5BrN2.C4H2F4O3.C4H8O.Al.Li.H/c1-14-29-30-22-28-21(20-17(24)6-5-7-18(20)32(14)22)31(13-19(25)26)16-9-11-27-15(12-16)8-10-23(2,3)4;9-7-4-5(1-2-12-7)3-6(13)8(10)11;9-7-5-6(3-4-12-7)1-2-8(10)11;6-5-3-4(7)1-2-8-5;5-1(6)3(9)11-4(10)2(7)8;1-2-4-5-3-1;;;/h5-7,9,11-12,19H,13H2,1-4H3;1-2,4,8H,3H2;3-5,8H,1-2H2;1-3H,(H2,7,8);1-2H;1-4H2;;;/q;;;;;;;+1;-1. The van der Waals surface area contributed by atoms with E-state index in [9.17, 15) is 58.3 Å². The first-order chi connectivity index (χ1) is 38.1. The van der Waals surface area contributed by atoms with E-state index in [0.29, 0.717) is 43.9 Å². The average Bonchev–Trinajstić information content (AvgIpc) is 4.27. The Kier molecular flexibility index (Phi) is 34.8. The van der Waals surface area contributed by atoms with Crippen molar-refractivity contribution in [3.8, 4) is 11.8 Å². The van der Waals surface area contributed by atoms with Gasteiger partial charge in [0.2, 0.25) is 12.2 Å². The molecule has 0 unspecified atom stereocenters. The number of rotatable bonds is 12. The van der Waals surface area contributed by atoms with E-state index in [-0.39, 0.29) is 72.9 Å². The van der Waals surface area contributed by atoms with Crippen molar-refractivity contribution in [3.05, 3.63) is 134 Å². The number of Topliss-reactive ketones (excluding diaryl/α,β-unsaturated/α-hetero) is 1. The Morgan fingerprint density at radius 2 is 1.31 bits per heavy atom. The zero-order valence-electron chi connectivity index (χ0n) is 45.7. The van der Waals surface area contributed by atoms with Crippen molar-refractivity contribution in [2.24, 2.45) is 5.41 Å². The molecule has 83 heavy (non-hydrogen) atoms. The minimum Gasteiger partial charge on any atom is -1.00 e. The summed E-state index contributed by atoms with van der Waals surface area (Å²) in [5.41, 5.74) is 8.51. The SMILES string of the molecule is C1CCOC1.Cc1nnc2nc(N(CC(F)F)c3ccnc(C#CC(C)(C)C)c3)c3c(F)cccc3n12.FC(F)CCc1ccnc(Br)c1.Nc1ccnc(Br)c1.O=C(Cc1ccnc(Br)c1)C(F)F.O=C(OC(=O)C(F)F)C(F)F.[Al].[H-].[Li+]. The van der Waals surface area contributed by atoms with Gasteiger partial charge in [0.15, 0.2) is 0 Å². The van der Waals surface area contributed by atoms with E-state index in [0.717, 1.165) is 29.1 Å². The van der Waals surface area contributed by atoms with Gasteiger partial charge in [0.25, 0.3) is 18.6 Å². The molecule has 7 aromatic rings. The van der Waals surface area contributed by atoms with Crippen LogP contribution in [0.2, 0.25) is 0 Å². The monoisotopic (exact) mass is 1380 g/mol. The Hall–Kier alpha value is -5.64. The first-order valence-electron chi connectivity index (χ1n) is 23.6. The van der Waals surface area contributed by atoms with Gasteiger partial charge in [0.1, 0.15) is 37.0 Å². The number of pyridine rings is 4. The molecule has 0 atom stereocenters. The van der Waals surface area contributed by atoms with Gasteiger partial charge in [-0.2, -0.15) is 22.5 Å². The topological polar surface area (TPSA) is 194 Å². The molecule has 441 valence electrons. The van der Waals surface area contributed by atoms with Crippen LogP contribution in [0.5, 0.6) is 0 Å². The van der Waals surface area contributed by atoms with Crippen LogP contribution >= 0.6 is 47.8 Å². The van der Waals surface area contributed by atoms with Crippen LogP contribution in [0.3, 0.4) is 0 Å². The van der Waals surface area contributed by atoms with Crippen LogP contribution in [-0.4, -0.2) is 126 Å². The molecule has 7 heterocycles. The van der Waals surface area contributed by atoms with Crippen molar-refractivity contribution in [1.82, 2.24) is 39.5 Å². The van der Waals surface area contributed by atoms with Crippen LogP contribution in [0.1, 0.15) is 64.1 Å². The van der Waals surface area contributed by atoms with E-state index in [1.165, 1.54) is 42.3 Å². The van der Waals surface area contributed by atoms with Crippen LogP contribution < -0.4 is 29.5 Å². The summed E-state index contributed by atoms with van der Waals surface area (Å²) in [4.78, 5) is 51.6. The molecule has 3 radical (unpaired) electrons. The molecule has 0 saturated carbocycles. The zero-order chi connectivity index (χ0) is 60.4. The van der Waals surface area contributed by atoms with Crippen LogP contribution in [-0.2, 0) is 36.7 Å². The fourth-order valence-corrected chi connectivity index (χ4v) is 7.36. The maximum Gasteiger partial charge on any atom is 1.00 e. The van der Waals surface area contributed by atoms with Crippen molar-refractivity contribution in [2.75, 3.05) is 30.4 Å². The van der Waals surface area contributed by atoms with Gasteiger partial charge in [-0.1, -0.05) is 12.0 Å². The van der Waals surface area contributed by atoms with Gasteiger partial charge in [0, 0.05) is 85.0 Å². The minimum absolute atomic E-state index is 0. The van der Waals surface area contributed by atoms with Gasteiger partial charge in [-0.05, 0) is 172 Å². The summed E-state index contributed by atoms with van der Waals surface area (Å²) >= 11 is 9.42. The molecule has 0 aliphatic carbocycles. The van der Waals surface area contributed by atoms with E-state index in [1.54, 1.807) is 78.3 Å². The molecule has 15 nitrogen and oxygen atoms in total. The Balaban J connectivity index is 0.00000110. The number of aromatic nitrogens is 8. The van der Waals surface area contributed by atoms with Gasteiger partial charge in [0.05, 0.1) is 17.4 Å². The normalized spacial score (nSPS) is 11.4. The third-order valence-corrected chi connectivity index (χ3v) is 11.0. The molecule has 6 aromatic heterocycles. The second kappa shape index (κ2) is 38.3.